The van der Waals surface area contributed by atoms with Crippen LogP contribution in [0.1, 0.15) is 115 Å². The van der Waals surface area contributed by atoms with Gasteiger partial charge in [-0.1, -0.05) is 18.2 Å². The number of amides is 8. The minimum atomic E-state index is -5.14. The number of H-pyrrole nitrogens is 1. The summed E-state index contributed by atoms with van der Waals surface area (Å²) in [5.74, 6) is -4.43. The molecule has 5 heterocycles. The van der Waals surface area contributed by atoms with Crippen LogP contribution in [-0.2, 0) is 68.0 Å². The van der Waals surface area contributed by atoms with Gasteiger partial charge < -0.3 is 46.3 Å². The molecule has 1 aliphatic carbocycles. The van der Waals surface area contributed by atoms with Gasteiger partial charge in [-0.15, -0.1) is 0 Å². The highest BCUT2D eigenvalue weighted by atomic mass is 32.2. The summed E-state index contributed by atoms with van der Waals surface area (Å²) in [5, 5.41) is 10.8. The number of aromatic amines is 1. The Hall–Kier alpha value is -7.80. The molecule has 3 aromatic carbocycles. The minimum Gasteiger partial charge on any atom is -0.370 e. The van der Waals surface area contributed by atoms with E-state index in [9.17, 15) is 65.9 Å². The van der Waals surface area contributed by atoms with Gasteiger partial charge >= 0.3 is 13.3 Å². The number of piperidine rings is 1. The summed E-state index contributed by atoms with van der Waals surface area (Å²) in [6, 6.07) is 11.4. The van der Waals surface area contributed by atoms with E-state index in [-0.39, 0.29) is 115 Å². The van der Waals surface area contributed by atoms with Crippen LogP contribution in [0.3, 0.4) is 0 Å². The van der Waals surface area contributed by atoms with E-state index in [1.807, 2.05) is 18.2 Å². The second-order valence-electron chi connectivity index (χ2n) is 22.0. The van der Waals surface area contributed by atoms with E-state index < -0.39 is 88.6 Å². The molecule has 0 spiro atoms. The van der Waals surface area contributed by atoms with Gasteiger partial charge in [0.05, 0.1) is 15.9 Å². The highest BCUT2D eigenvalue weighted by Gasteiger charge is 2.46. The fourth-order valence-corrected chi connectivity index (χ4v) is 13.0. The first-order chi connectivity index (χ1) is 38.8. The molecule has 0 bridgehead atoms. The standard InChI is InChI=1S/C55H65N10O15PS/c1-62-45-24-33(9-16-42(45)65(55(62)75)44-18-20-47(67)61-52(44)72)23-30-3-5-31(6-4-30)25-48(68)63-22-21-36-11-17-43(51(71)59-39(15-19-46(56)66)49(69)57-28-32-7-12-37(13-8-32)82(2,79)80)64(36)53(73)41(29-63)60-50(70)40-27-35-26-34(10-14-38(35)58-40)54(74)81(76,77)78/h7-10,12-14,16,24,26-27,30-31,36,39,41,43-44,58H,3-6,11,15,17-23,25,28-29H2,1-2H3,(H2,56,66)(H,57,69)(H,59,71)(H,60,70)(H,61,67,72)(H2,76,77,78)/t30?,31?,36?,39-,41+,43+,44?/m1/s1. The van der Waals surface area contributed by atoms with Crippen molar-refractivity contribution in [2.24, 2.45) is 24.6 Å². The van der Waals surface area contributed by atoms with Crippen molar-refractivity contribution >= 4 is 92.2 Å². The first-order valence-corrected chi connectivity index (χ1v) is 30.7. The number of carbonyl (C=O) groups excluding carboxylic acids is 9. The van der Waals surface area contributed by atoms with Crippen LogP contribution in [-0.4, -0.2) is 138 Å². The Kier molecular flexibility index (Phi) is 17.2. The van der Waals surface area contributed by atoms with Crippen LogP contribution in [0.2, 0.25) is 0 Å². The first-order valence-electron chi connectivity index (χ1n) is 27.2. The summed E-state index contributed by atoms with van der Waals surface area (Å²) in [6.07, 6.45) is 5.70. The fourth-order valence-electron chi connectivity index (χ4n) is 11.9. The summed E-state index contributed by atoms with van der Waals surface area (Å²) in [5.41, 5.74) is 6.45. The van der Waals surface area contributed by atoms with Gasteiger partial charge in [0.15, 0.2) is 9.84 Å². The zero-order valence-electron chi connectivity index (χ0n) is 45.1. The average molecular weight is 1170 g/mol. The SMILES string of the molecule is Cn1c(=O)n(C2CCC(=O)NC2=O)c2ccc(CC3CCC(CC(=O)N4CCC5CC[C@@H](C(=O)N[C@H](CCC(N)=O)C(=O)NCc6ccc(S(C)(=O)=O)cc6)N5C(=O)[C@@H](NC(=O)c5cc6cc(C(=O)P(=O)(O)O)ccc6[nH]5)C4)CC3)cc21. The van der Waals surface area contributed by atoms with Crippen molar-refractivity contribution < 1.29 is 65.9 Å². The lowest BCUT2D eigenvalue weighted by Gasteiger charge is -2.39. The van der Waals surface area contributed by atoms with Gasteiger partial charge in [0.1, 0.15) is 29.9 Å². The van der Waals surface area contributed by atoms with E-state index in [0.717, 1.165) is 43.9 Å². The number of carbonyl (C=O) groups is 9. The average Bonchev–Trinajstić information content (AvgIpc) is 3.28. The van der Waals surface area contributed by atoms with E-state index in [2.05, 4.69) is 26.3 Å². The van der Waals surface area contributed by atoms with Crippen molar-refractivity contribution in [1.82, 2.24) is 45.2 Å². The number of nitrogens with zero attached hydrogens (tertiary/aromatic N) is 4. The Morgan fingerprint density at radius 3 is 2.23 bits per heavy atom. The maximum Gasteiger partial charge on any atom is 0.396 e. The largest absolute Gasteiger partial charge is 0.396 e. The number of nitrogens with two attached hydrogens (primary N) is 1. The zero-order chi connectivity index (χ0) is 58.9. The van der Waals surface area contributed by atoms with Gasteiger partial charge in [-0.25, -0.2) is 13.2 Å². The lowest BCUT2D eigenvalue weighted by molar-refractivity contribution is -0.146. The number of rotatable bonds is 18. The molecule has 25 nitrogen and oxygen atoms in total. The van der Waals surface area contributed by atoms with E-state index in [4.69, 9.17) is 5.73 Å². The van der Waals surface area contributed by atoms with Crippen molar-refractivity contribution in [3.8, 4) is 0 Å². The van der Waals surface area contributed by atoms with Gasteiger partial charge in [-0.05, 0) is 136 Å². The first kappa shape index (κ1) is 58.8. The van der Waals surface area contributed by atoms with Crippen molar-refractivity contribution in [2.45, 2.75) is 125 Å². The van der Waals surface area contributed by atoms with E-state index in [0.29, 0.717) is 28.5 Å². The van der Waals surface area contributed by atoms with Crippen molar-refractivity contribution in [3.63, 3.8) is 0 Å². The Balaban J connectivity index is 0.889. The number of benzene rings is 3. The number of hydrogen-bond donors (Lipinski definition) is 8. The molecule has 2 aromatic heterocycles. The van der Waals surface area contributed by atoms with Gasteiger partial charge in [-0.2, -0.15) is 0 Å². The Morgan fingerprint density at radius 1 is 0.841 bits per heavy atom. The molecule has 5 aromatic rings. The number of nitrogens with one attached hydrogen (secondary N) is 5. The molecule has 1 saturated carbocycles. The van der Waals surface area contributed by atoms with Crippen LogP contribution in [0.25, 0.3) is 21.9 Å². The Bertz CT molecular complexity index is 3640. The third-order valence-electron chi connectivity index (χ3n) is 16.3. The predicted molar refractivity (Wildman–Crippen MR) is 295 cm³/mol. The van der Waals surface area contributed by atoms with Crippen LogP contribution in [0.15, 0.2) is 76.4 Å². The zero-order valence-corrected chi connectivity index (χ0v) is 46.8. The predicted octanol–water partition coefficient (Wildman–Crippen LogP) is 1.72. The van der Waals surface area contributed by atoms with Crippen LogP contribution >= 0.6 is 7.60 Å². The molecule has 8 amide bonds. The van der Waals surface area contributed by atoms with E-state index >= 15 is 4.79 Å². The maximum atomic E-state index is 15.0. The second-order valence-corrected chi connectivity index (χ2v) is 25.5. The molecule has 436 valence electrons. The molecule has 3 saturated heterocycles. The minimum absolute atomic E-state index is 0.00803. The second kappa shape index (κ2) is 24.0. The van der Waals surface area contributed by atoms with E-state index in [1.54, 1.807) is 11.9 Å². The summed E-state index contributed by atoms with van der Waals surface area (Å²) >= 11 is 0. The van der Waals surface area contributed by atoms with Crippen LogP contribution in [0.5, 0.6) is 0 Å². The van der Waals surface area contributed by atoms with Crippen LogP contribution in [0, 0.1) is 11.8 Å². The number of aromatic nitrogens is 3. The Morgan fingerprint density at radius 2 is 1.55 bits per heavy atom. The van der Waals surface area contributed by atoms with Crippen LogP contribution < -0.4 is 32.7 Å². The summed E-state index contributed by atoms with van der Waals surface area (Å²) in [6.45, 7) is -0.168. The van der Waals surface area contributed by atoms with Gasteiger partial charge in [0.2, 0.25) is 41.4 Å². The number of aryl methyl sites for hydroxylation is 1. The molecular weight excluding hydrogens is 1100 g/mol. The molecule has 27 heteroatoms. The molecule has 9 rings (SSSR count). The third kappa shape index (κ3) is 13.1. The van der Waals surface area contributed by atoms with Gasteiger partial charge in [0.25, 0.3) is 11.4 Å². The molecular formula is C55H65N10O15PS. The number of imide groups is 1. The topological polar surface area (TPSA) is 369 Å². The number of fused-ring (bicyclic) bond motifs is 3. The molecule has 9 N–H and O–H groups in total. The summed E-state index contributed by atoms with van der Waals surface area (Å²) in [4.78, 5) is 159. The summed E-state index contributed by atoms with van der Waals surface area (Å²) < 4.78 is 38.6. The number of hydrogen-bond acceptors (Lipinski definition) is 13. The Labute approximate surface area is 470 Å². The van der Waals surface area contributed by atoms with Crippen LogP contribution in [0.4, 0.5) is 0 Å². The van der Waals surface area contributed by atoms with Gasteiger partial charge in [0, 0.05) is 74.7 Å². The smallest absolute Gasteiger partial charge is 0.370 e. The molecule has 4 fully saturated rings. The monoisotopic (exact) mass is 1170 g/mol. The molecule has 4 aliphatic rings. The summed E-state index contributed by atoms with van der Waals surface area (Å²) in [7, 11) is -6.97. The number of primary amides is 1. The van der Waals surface area contributed by atoms with E-state index in [1.165, 1.54) is 62.6 Å². The van der Waals surface area contributed by atoms with Crippen molar-refractivity contribution in [1.29, 1.82) is 0 Å². The maximum absolute atomic E-state index is 15.0. The lowest BCUT2D eigenvalue weighted by Crippen LogP contribution is -2.62. The van der Waals surface area contributed by atoms with Gasteiger partial charge in [-0.3, -0.25) is 62.2 Å². The molecule has 3 aliphatic heterocycles. The highest BCUT2D eigenvalue weighted by Crippen LogP contribution is 2.40. The molecule has 0 radical (unpaired) electrons. The highest BCUT2D eigenvalue weighted by molar-refractivity contribution is 7.90. The molecule has 2 unspecified atom stereocenters. The quantitative estimate of drug-likeness (QED) is 0.0457. The third-order valence-corrected chi connectivity index (χ3v) is 18.2. The molecule has 82 heavy (non-hydrogen) atoms. The normalized spacial score (nSPS) is 22.0. The van der Waals surface area contributed by atoms with Crippen molar-refractivity contribution in [3.05, 3.63) is 99.6 Å². The molecule has 5 atom stereocenters. The number of imidazole rings is 1. The lowest BCUT2D eigenvalue weighted by atomic mass is 9.78. The number of sulfone groups is 1. The van der Waals surface area contributed by atoms with Crippen molar-refractivity contribution in [2.75, 3.05) is 19.3 Å². The fraction of sp³-hybridized carbons (Fsp3) is 0.455.